The van der Waals surface area contributed by atoms with Gasteiger partial charge in [-0.25, -0.2) is 9.97 Å². The van der Waals surface area contributed by atoms with Gasteiger partial charge in [-0.05, 0) is 30.9 Å². The second kappa shape index (κ2) is 6.01. The van der Waals surface area contributed by atoms with E-state index in [-0.39, 0.29) is 12.1 Å². The molecule has 1 aliphatic rings. The van der Waals surface area contributed by atoms with Gasteiger partial charge < -0.3 is 15.0 Å². The van der Waals surface area contributed by atoms with Gasteiger partial charge in [-0.3, -0.25) is 0 Å². The van der Waals surface area contributed by atoms with Crippen LogP contribution in [-0.4, -0.2) is 25.7 Å². The van der Waals surface area contributed by atoms with Gasteiger partial charge in [-0.15, -0.1) is 0 Å². The zero-order valence-corrected chi connectivity index (χ0v) is 12.8. The summed E-state index contributed by atoms with van der Waals surface area (Å²) in [6.07, 6.45) is 6.93. The summed E-state index contributed by atoms with van der Waals surface area (Å²) in [6.45, 7) is 0.730. The second-order valence-corrected chi connectivity index (χ2v) is 5.95. The molecule has 2 N–H and O–H groups in total. The molecule has 117 valence electrons. The Balaban J connectivity index is 1.60. The normalized spacial score (nSPS) is 20.9. The maximum atomic E-state index is 9.72. The van der Waals surface area contributed by atoms with Gasteiger partial charge >= 0.3 is 0 Å². The van der Waals surface area contributed by atoms with E-state index in [0.29, 0.717) is 0 Å². The molecule has 1 aromatic carbocycles. The summed E-state index contributed by atoms with van der Waals surface area (Å²) >= 11 is 0. The van der Waals surface area contributed by atoms with Gasteiger partial charge in [-0.2, -0.15) is 0 Å². The van der Waals surface area contributed by atoms with Gasteiger partial charge in [0.25, 0.3) is 0 Å². The maximum Gasteiger partial charge on any atom is 0.145 e. The topological polar surface area (TPSA) is 63.0 Å². The second-order valence-electron chi connectivity index (χ2n) is 5.95. The van der Waals surface area contributed by atoms with Crippen LogP contribution in [-0.2, 0) is 6.54 Å². The Morgan fingerprint density at radius 3 is 2.83 bits per heavy atom. The van der Waals surface area contributed by atoms with E-state index in [4.69, 9.17) is 0 Å². The molecule has 0 aliphatic heterocycles. The molecule has 2 aromatic heterocycles. The van der Waals surface area contributed by atoms with Gasteiger partial charge in [0.05, 0.1) is 11.5 Å². The van der Waals surface area contributed by atoms with E-state index in [2.05, 4.69) is 32.0 Å². The Bertz CT molecular complexity index is 799. The van der Waals surface area contributed by atoms with Crippen LogP contribution in [0.3, 0.4) is 0 Å². The van der Waals surface area contributed by atoms with Gasteiger partial charge in [0, 0.05) is 18.8 Å². The van der Waals surface area contributed by atoms with Crippen LogP contribution in [0.5, 0.6) is 0 Å². The summed E-state index contributed by atoms with van der Waals surface area (Å²) in [5.74, 6) is 0.847. The third kappa shape index (κ3) is 2.80. The lowest BCUT2D eigenvalue weighted by Gasteiger charge is -2.13. The molecule has 5 nitrogen and oxygen atoms in total. The summed E-state index contributed by atoms with van der Waals surface area (Å²) in [7, 11) is 0. The SMILES string of the molecule is O[C@H]1[CH]C[C@@H](n2ccc3c(NCc4ccccc4)ncnc32)C1. The van der Waals surface area contributed by atoms with Crippen molar-refractivity contribution in [2.24, 2.45) is 0 Å². The number of fused-ring (bicyclic) bond motifs is 1. The minimum absolute atomic E-state index is 0.277. The lowest BCUT2D eigenvalue weighted by molar-refractivity contribution is 0.206. The Morgan fingerprint density at radius 2 is 2.04 bits per heavy atom. The number of aliphatic hydroxyl groups is 1. The number of nitrogens with zero attached hydrogens (tertiary/aromatic N) is 3. The van der Waals surface area contributed by atoms with Crippen molar-refractivity contribution in [2.45, 2.75) is 31.5 Å². The number of nitrogens with one attached hydrogen (secondary N) is 1. The molecule has 23 heavy (non-hydrogen) atoms. The average Bonchev–Trinajstić information content (AvgIpc) is 3.20. The first-order valence-corrected chi connectivity index (χ1v) is 7.92. The average molecular weight is 307 g/mol. The molecule has 1 fully saturated rings. The lowest BCUT2D eigenvalue weighted by atomic mass is 10.2. The highest BCUT2D eigenvalue weighted by molar-refractivity contribution is 5.87. The van der Waals surface area contributed by atoms with Crippen molar-refractivity contribution in [1.29, 1.82) is 0 Å². The van der Waals surface area contributed by atoms with Crippen molar-refractivity contribution >= 4 is 16.9 Å². The molecule has 1 aliphatic carbocycles. The van der Waals surface area contributed by atoms with E-state index in [0.717, 1.165) is 36.2 Å². The summed E-state index contributed by atoms with van der Waals surface area (Å²) in [6, 6.07) is 12.6. The molecule has 1 radical (unpaired) electrons. The van der Waals surface area contributed by atoms with Crippen LogP contribution in [0.1, 0.15) is 24.4 Å². The minimum atomic E-state index is -0.310. The molecule has 0 spiro atoms. The van der Waals surface area contributed by atoms with E-state index >= 15 is 0 Å². The van der Waals surface area contributed by atoms with E-state index in [1.165, 1.54) is 5.56 Å². The molecule has 5 heteroatoms. The number of aromatic nitrogens is 3. The van der Waals surface area contributed by atoms with E-state index in [9.17, 15) is 5.11 Å². The quantitative estimate of drug-likeness (QED) is 0.778. The van der Waals surface area contributed by atoms with Crippen LogP contribution in [0.15, 0.2) is 48.9 Å². The zero-order chi connectivity index (χ0) is 15.6. The first kappa shape index (κ1) is 14.2. The fourth-order valence-electron chi connectivity index (χ4n) is 3.20. The van der Waals surface area contributed by atoms with Crippen molar-refractivity contribution in [1.82, 2.24) is 14.5 Å². The highest BCUT2D eigenvalue weighted by Crippen LogP contribution is 2.33. The van der Waals surface area contributed by atoms with Crippen LogP contribution in [0.25, 0.3) is 11.0 Å². The first-order chi connectivity index (χ1) is 11.3. The molecule has 2 heterocycles. The smallest absolute Gasteiger partial charge is 0.145 e. The Kier molecular flexibility index (Phi) is 3.71. The number of hydrogen-bond donors (Lipinski definition) is 2. The Hall–Kier alpha value is -2.40. The molecule has 0 amide bonds. The molecular weight excluding hydrogens is 288 g/mol. The third-order valence-corrected chi connectivity index (χ3v) is 4.40. The molecule has 2 atom stereocenters. The third-order valence-electron chi connectivity index (χ3n) is 4.40. The van der Waals surface area contributed by atoms with Crippen LogP contribution >= 0.6 is 0 Å². The molecule has 4 rings (SSSR count). The van der Waals surface area contributed by atoms with Crippen LogP contribution in [0.4, 0.5) is 5.82 Å². The van der Waals surface area contributed by atoms with E-state index in [1.807, 2.05) is 36.9 Å². The number of hydrogen-bond acceptors (Lipinski definition) is 4. The predicted molar refractivity (Wildman–Crippen MR) is 89.9 cm³/mol. The van der Waals surface area contributed by atoms with E-state index < -0.39 is 0 Å². The number of rotatable bonds is 4. The van der Waals surface area contributed by atoms with Crippen LogP contribution in [0.2, 0.25) is 0 Å². The first-order valence-electron chi connectivity index (χ1n) is 7.92. The van der Waals surface area contributed by atoms with Gasteiger partial charge in [0.1, 0.15) is 17.8 Å². The summed E-state index contributed by atoms with van der Waals surface area (Å²) < 4.78 is 2.15. The molecule has 3 aromatic rings. The van der Waals surface area contributed by atoms with Crippen LogP contribution < -0.4 is 5.32 Å². The van der Waals surface area contributed by atoms with E-state index in [1.54, 1.807) is 6.33 Å². The number of anilines is 1. The van der Waals surface area contributed by atoms with Crippen molar-refractivity contribution in [3.05, 3.63) is 60.9 Å². The Morgan fingerprint density at radius 1 is 1.17 bits per heavy atom. The summed E-state index contributed by atoms with van der Waals surface area (Å²) in [5.41, 5.74) is 2.13. The molecule has 0 unspecified atom stereocenters. The summed E-state index contributed by atoms with van der Waals surface area (Å²) in [4.78, 5) is 8.83. The lowest BCUT2D eigenvalue weighted by Crippen LogP contribution is -2.07. The monoisotopic (exact) mass is 307 g/mol. The maximum absolute atomic E-state index is 9.72. The van der Waals surface area contributed by atoms with Crippen LogP contribution in [0, 0.1) is 6.42 Å². The van der Waals surface area contributed by atoms with Crippen molar-refractivity contribution < 1.29 is 5.11 Å². The standard InChI is InChI=1S/C18H19N4O/c23-15-7-6-14(10-15)22-9-8-16-17(20-12-21-18(16)22)19-11-13-4-2-1-3-5-13/h1-5,7-9,12,14-15,23H,6,10-11H2,(H,19,20,21)/t14-,15+/m1/s1. The van der Waals surface area contributed by atoms with Gasteiger partial charge in [0.2, 0.25) is 0 Å². The largest absolute Gasteiger partial charge is 0.393 e. The molecular formula is C18H19N4O. The summed E-state index contributed by atoms with van der Waals surface area (Å²) in [5, 5.41) is 14.1. The highest BCUT2D eigenvalue weighted by atomic mass is 16.3. The van der Waals surface area contributed by atoms with Crippen molar-refractivity contribution in [2.75, 3.05) is 5.32 Å². The highest BCUT2D eigenvalue weighted by Gasteiger charge is 2.25. The fourth-order valence-corrected chi connectivity index (χ4v) is 3.20. The minimum Gasteiger partial charge on any atom is -0.393 e. The zero-order valence-electron chi connectivity index (χ0n) is 12.8. The molecule has 0 bridgehead atoms. The molecule has 0 saturated heterocycles. The van der Waals surface area contributed by atoms with Crippen molar-refractivity contribution in [3.8, 4) is 0 Å². The molecule has 1 saturated carbocycles. The van der Waals surface area contributed by atoms with Crippen molar-refractivity contribution in [3.63, 3.8) is 0 Å². The Labute approximate surface area is 135 Å². The number of benzene rings is 1. The van der Waals surface area contributed by atoms with Gasteiger partial charge in [0.15, 0.2) is 0 Å². The number of aliphatic hydroxyl groups excluding tert-OH is 1. The van der Waals surface area contributed by atoms with Gasteiger partial charge in [-0.1, -0.05) is 30.3 Å². The fraction of sp³-hybridized carbons (Fsp3) is 0.278. The predicted octanol–water partition coefficient (Wildman–Crippen LogP) is 2.94.